The number of likely N-dealkylation sites (tertiary alicyclic amines) is 1. The van der Waals surface area contributed by atoms with E-state index >= 15 is 0 Å². The van der Waals surface area contributed by atoms with E-state index in [2.05, 4.69) is 19.7 Å². The molecule has 0 spiro atoms. The van der Waals surface area contributed by atoms with Gasteiger partial charge in [-0.15, -0.1) is 10.2 Å². The highest BCUT2D eigenvalue weighted by Crippen LogP contribution is 2.40. The molecule has 1 aromatic rings. The Kier molecular flexibility index (Phi) is 4.35. The van der Waals surface area contributed by atoms with E-state index in [1.165, 1.54) is 51.4 Å². The van der Waals surface area contributed by atoms with Crippen LogP contribution in [0.25, 0.3) is 0 Å². The third-order valence-electron chi connectivity index (χ3n) is 5.70. The van der Waals surface area contributed by atoms with Gasteiger partial charge in [0.15, 0.2) is 5.16 Å². The predicted octanol–water partition coefficient (Wildman–Crippen LogP) is 2.97. The summed E-state index contributed by atoms with van der Waals surface area (Å²) >= 11 is 1.55. The van der Waals surface area contributed by atoms with Crippen LogP contribution in [-0.2, 0) is 11.8 Å². The second-order valence-corrected chi connectivity index (χ2v) is 8.25. The fourth-order valence-corrected chi connectivity index (χ4v) is 5.10. The number of aromatic nitrogens is 3. The zero-order valence-electron chi connectivity index (χ0n) is 13.9. The summed E-state index contributed by atoms with van der Waals surface area (Å²) < 4.78 is 2.08. The van der Waals surface area contributed by atoms with Crippen LogP contribution in [0.5, 0.6) is 0 Å². The van der Waals surface area contributed by atoms with E-state index in [4.69, 9.17) is 0 Å². The van der Waals surface area contributed by atoms with Crippen molar-refractivity contribution in [2.45, 2.75) is 68.5 Å². The van der Waals surface area contributed by atoms with Crippen molar-refractivity contribution in [3.8, 4) is 0 Å². The molecular formula is C17H26N4OS. The van der Waals surface area contributed by atoms with Crippen LogP contribution in [0.1, 0.15) is 63.1 Å². The second-order valence-electron chi connectivity index (χ2n) is 7.30. The van der Waals surface area contributed by atoms with Crippen molar-refractivity contribution in [1.82, 2.24) is 19.7 Å². The molecule has 126 valence electrons. The zero-order valence-corrected chi connectivity index (χ0v) is 14.7. The van der Waals surface area contributed by atoms with Crippen molar-refractivity contribution in [2.75, 3.05) is 12.3 Å². The molecule has 0 bridgehead atoms. The Bertz CT molecular complexity index is 581. The average molecular weight is 334 g/mol. The Balaban J connectivity index is 1.37. The summed E-state index contributed by atoms with van der Waals surface area (Å²) in [5.74, 6) is 3.23. The third-order valence-corrected chi connectivity index (χ3v) is 6.70. The van der Waals surface area contributed by atoms with Gasteiger partial charge in [-0.1, -0.05) is 24.6 Å². The summed E-state index contributed by atoms with van der Waals surface area (Å²) in [5.41, 5.74) is 0. The molecule has 1 aliphatic heterocycles. The molecular weight excluding hydrogens is 308 g/mol. The molecule has 2 saturated carbocycles. The quantitative estimate of drug-likeness (QED) is 0.794. The molecule has 23 heavy (non-hydrogen) atoms. The molecule has 1 saturated heterocycles. The SMILES string of the molecule is Cn1c(SCC(=O)N2CCC[C@@H]3CCCC[C@@H]32)nnc1C1CC1. The van der Waals surface area contributed by atoms with E-state index in [0.29, 0.717) is 23.6 Å². The largest absolute Gasteiger partial charge is 0.339 e. The smallest absolute Gasteiger partial charge is 0.233 e. The Hall–Kier alpha value is -1.04. The van der Waals surface area contributed by atoms with Crippen LogP contribution < -0.4 is 0 Å². The summed E-state index contributed by atoms with van der Waals surface area (Å²) in [6.07, 6.45) is 10.1. The number of thioether (sulfide) groups is 1. The average Bonchev–Trinajstić information content (AvgIpc) is 3.36. The van der Waals surface area contributed by atoms with Crippen LogP contribution in [-0.4, -0.2) is 43.9 Å². The molecule has 6 heteroatoms. The number of hydrogen-bond donors (Lipinski definition) is 0. The van der Waals surface area contributed by atoms with E-state index in [9.17, 15) is 4.79 Å². The number of carbonyl (C=O) groups excluding carboxylic acids is 1. The summed E-state index contributed by atoms with van der Waals surface area (Å²) in [7, 11) is 2.03. The number of carbonyl (C=O) groups is 1. The first kappa shape index (κ1) is 15.5. The van der Waals surface area contributed by atoms with Gasteiger partial charge in [-0.3, -0.25) is 4.79 Å². The first-order chi connectivity index (χ1) is 11.2. The second kappa shape index (κ2) is 6.46. The maximum atomic E-state index is 12.7. The van der Waals surface area contributed by atoms with Crippen LogP contribution in [0.2, 0.25) is 0 Å². The number of amides is 1. The summed E-state index contributed by atoms with van der Waals surface area (Å²) in [4.78, 5) is 14.9. The molecule has 3 aliphatic rings. The lowest BCUT2D eigenvalue weighted by Crippen LogP contribution is -2.50. The summed E-state index contributed by atoms with van der Waals surface area (Å²) in [6.45, 7) is 0.951. The standard InChI is InChI=1S/C17H26N4OS/c1-20-16(13-8-9-13)18-19-17(20)23-11-15(22)21-10-4-6-12-5-2-3-7-14(12)21/h12-14H,2-11H2,1H3/t12-,14-/m0/s1. The van der Waals surface area contributed by atoms with Crippen LogP contribution in [0.3, 0.4) is 0 Å². The lowest BCUT2D eigenvalue weighted by Gasteiger charge is -2.44. The molecule has 0 radical (unpaired) electrons. The van der Waals surface area contributed by atoms with E-state index in [1.807, 2.05) is 7.05 Å². The van der Waals surface area contributed by atoms with Crippen molar-refractivity contribution in [3.05, 3.63) is 5.82 Å². The van der Waals surface area contributed by atoms with Crippen molar-refractivity contribution >= 4 is 17.7 Å². The number of hydrogen-bond acceptors (Lipinski definition) is 4. The molecule has 2 atom stereocenters. The maximum absolute atomic E-state index is 12.7. The van der Waals surface area contributed by atoms with Crippen molar-refractivity contribution in [3.63, 3.8) is 0 Å². The molecule has 0 unspecified atom stereocenters. The van der Waals surface area contributed by atoms with Crippen LogP contribution >= 0.6 is 11.8 Å². The first-order valence-corrected chi connectivity index (χ1v) is 10.0. The van der Waals surface area contributed by atoms with Gasteiger partial charge < -0.3 is 9.47 Å². The molecule has 3 fully saturated rings. The highest BCUT2D eigenvalue weighted by molar-refractivity contribution is 7.99. The van der Waals surface area contributed by atoms with Crippen LogP contribution in [0, 0.1) is 5.92 Å². The fourth-order valence-electron chi connectivity index (χ4n) is 4.29. The number of nitrogens with zero attached hydrogens (tertiary/aromatic N) is 4. The minimum Gasteiger partial charge on any atom is -0.339 e. The highest BCUT2D eigenvalue weighted by atomic mass is 32.2. The lowest BCUT2D eigenvalue weighted by molar-refractivity contribution is -0.134. The topological polar surface area (TPSA) is 51.0 Å². The van der Waals surface area contributed by atoms with E-state index in [1.54, 1.807) is 11.8 Å². The Morgan fingerprint density at radius 3 is 2.74 bits per heavy atom. The van der Waals surface area contributed by atoms with Gasteiger partial charge in [0.2, 0.25) is 5.91 Å². The third kappa shape index (κ3) is 3.14. The molecule has 1 aromatic heterocycles. The van der Waals surface area contributed by atoms with Gasteiger partial charge in [-0.2, -0.15) is 0 Å². The van der Waals surface area contributed by atoms with E-state index in [0.717, 1.165) is 23.4 Å². The molecule has 0 N–H and O–H groups in total. The normalized spacial score (nSPS) is 27.8. The minimum atomic E-state index is 0.294. The predicted molar refractivity (Wildman–Crippen MR) is 90.4 cm³/mol. The summed E-state index contributed by atoms with van der Waals surface area (Å²) in [5, 5.41) is 9.47. The van der Waals surface area contributed by atoms with Gasteiger partial charge >= 0.3 is 0 Å². The number of rotatable bonds is 4. The monoisotopic (exact) mass is 334 g/mol. The Labute approximate surface area is 142 Å². The Morgan fingerprint density at radius 2 is 1.91 bits per heavy atom. The van der Waals surface area contributed by atoms with Gasteiger partial charge in [-0.25, -0.2) is 0 Å². The molecule has 2 heterocycles. The van der Waals surface area contributed by atoms with Gasteiger partial charge in [0.05, 0.1) is 5.75 Å². The molecule has 4 rings (SSSR count). The van der Waals surface area contributed by atoms with Crippen LogP contribution in [0.15, 0.2) is 5.16 Å². The number of fused-ring (bicyclic) bond motifs is 1. The minimum absolute atomic E-state index is 0.294. The molecule has 5 nitrogen and oxygen atoms in total. The maximum Gasteiger partial charge on any atom is 0.233 e. The highest BCUT2D eigenvalue weighted by Gasteiger charge is 2.35. The van der Waals surface area contributed by atoms with Gasteiger partial charge in [0.25, 0.3) is 0 Å². The van der Waals surface area contributed by atoms with Crippen molar-refractivity contribution in [1.29, 1.82) is 0 Å². The first-order valence-electron chi connectivity index (χ1n) is 9.05. The summed E-state index contributed by atoms with van der Waals surface area (Å²) in [6, 6.07) is 0.507. The van der Waals surface area contributed by atoms with Gasteiger partial charge in [0, 0.05) is 25.6 Å². The molecule has 0 aromatic carbocycles. The number of piperidine rings is 1. The lowest BCUT2D eigenvalue weighted by atomic mass is 9.78. The molecule has 1 amide bonds. The van der Waals surface area contributed by atoms with Crippen molar-refractivity contribution in [2.24, 2.45) is 13.0 Å². The molecule has 2 aliphatic carbocycles. The Morgan fingerprint density at radius 1 is 1.13 bits per heavy atom. The van der Waals surface area contributed by atoms with E-state index < -0.39 is 0 Å². The van der Waals surface area contributed by atoms with Crippen molar-refractivity contribution < 1.29 is 4.79 Å². The van der Waals surface area contributed by atoms with E-state index in [-0.39, 0.29) is 0 Å². The fraction of sp³-hybridized carbons (Fsp3) is 0.824. The zero-order chi connectivity index (χ0) is 15.8. The van der Waals surface area contributed by atoms with Gasteiger partial charge in [0.1, 0.15) is 5.82 Å². The van der Waals surface area contributed by atoms with Gasteiger partial charge in [-0.05, 0) is 44.4 Å². The van der Waals surface area contributed by atoms with Crippen LogP contribution in [0.4, 0.5) is 0 Å².